The van der Waals surface area contributed by atoms with Gasteiger partial charge in [0.15, 0.2) is 0 Å². The minimum absolute atomic E-state index is 0. The van der Waals surface area contributed by atoms with Crippen molar-refractivity contribution in [1.82, 2.24) is 8.52 Å². The highest BCUT2D eigenvalue weighted by Gasteiger charge is 2.09. The molecule has 1 aromatic heterocycles. The molecular formula is C12H15BrClN3O2S. The summed E-state index contributed by atoms with van der Waals surface area (Å²) in [4.78, 5) is 23.6. The van der Waals surface area contributed by atoms with E-state index in [2.05, 4.69) is 15.9 Å². The minimum Gasteiger partial charge on any atom is -0.326 e. The van der Waals surface area contributed by atoms with Crippen LogP contribution in [0.4, 0.5) is 0 Å². The number of alkyl halides is 1. The Kier molecular flexibility index (Phi) is 6.67. The fraction of sp³-hybridized carbons (Fsp3) is 0.333. The van der Waals surface area contributed by atoms with Crippen LogP contribution >= 0.6 is 39.9 Å². The molecule has 0 fully saturated rings. The molecule has 0 bridgehead atoms. The second kappa shape index (κ2) is 7.78. The first-order valence-electron chi connectivity index (χ1n) is 5.80. The Morgan fingerprint density at radius 1 is 1.15 bits per heavy atom. The van der Waals surface area contributed by atoms with Crippen LogP contribution in [0.25, 0.3) is 0 Å². The number of hydrogen-bond donors (Lipinski definition) is 1. The van der Waals surface area contributed by atoms with Crippen molar-refractivity contribution in [3.8, 4) is 0 Å². The molecule has 0 atom stereocenters. The van der Waals surface area contributed by atoms with Crippen molar-refractivity contribution in [3.63, 3.8) is 0 Å². The van der Waals surface area contributed by atoms with Crippen molar-refractivity contribution < 1.29 is 0 Å². The first kappa shape index (κ1) is 17.2. The fourth-order valence-corrected chi connectivity index (χ4v) is 3.09. The highest BCUT2D eigenvalue weighted by Crippen LogP contribution is 2.04. The number of rotatable bonds is 5. The third-order valence-electron chi connectivity index (χ3n) is 2.74. The van der Waals surface area contributed by atoms with Crippen molar-refractivity contribution in [1.29, 1.82) is 0 Å². The van der Waals surface area contributed by atoms with Gasteiger partial charge in [0.1, 0.15) is 0 Å². The zero-order valence-electron chi connectivity index (χ0n) is 10.6. The van der Waals surface area contributed by atoms with Crippen molar-refractivity contribution in [3.05, 3.63) is 55.5 Å². The minimum atomic E-state index is -0.252. The zero-order valence-corrected chi connectivity index (χ0v) is 13.8. The monoisotopic (exact) mass is 379 g/mol. The smallest absolute Gasteiger partial charge is 0.326 e. The molecular weight excluding hydrogens is 366 g/mol. The van der Waals surface area contributed by atoms with Crippen LogP contribution in [0.15, 0.2) is 33.9 Å². The van der Waals surface area contributed by atoms with Crippen molar-refractivity contribution >= 4 is 39.9 Å². The van der Waals surface area contributed by atoms with Crippen LogP contribution in [-0.4, -0.2) is 13.9 Å². The molecule has 1 heterocycles. The van der Waals surface area contributed by atoms with E-state index in [1.54, 1.807) is 0 Å². The molecule has 2 aromatic rings. The van der Waals surface area contributed by atoms with Crippen LogP contribution < -0.4 is 16.3 Å². The maximum absolute atomic E-state index is 12.0. The fourth-order valence-electron chi connectivity index (χ4n) is 1.71. The van der Waals surface area contributed by atoms with E-state index in [0.717, 1.165) is 22.7 Å². The lowest BCUT2D eigenvalue weighted by molar-refractivity contribution is 0.678. The molecule has 0 radical (unpaired) electrons. The second-order valence-electron chi connectivity index (χ2n) is 4.04. The maximum Gasteiger partial charge on any atom is 0.341 e. The molecule has 110 valence electrons. The average molecular weight is 381 g/mol. The molecule has 0 unspecified atom stereocenters. The SMILES string of the molecule is Cl.NCc1ccc(Cn2c(=O)sn(CCBr)c2=O)cc1. The molecule has 0 aliphatic heterocycles. The van der Waals surface area contributed by atoms with Crippen LogP contribution in [0.1, 0.15) is 11.1 Å². The van der Waals surface area contributed by atoms with Gasteiger partial charge >= 0.3 is 10.6 Å². The van der Waals surface area contributed by atoms with Crippen molar-refractivity contribution in [2.24, 2.45) is 5.73 Å². The standard InChI is InChI=1S/C12H14BrN3O2S.ClH/c13-5-6-16-11(17)15(12(18)19-16)8-10-3-1-9(7-14)2-4-10;/h1-4H,5-8,14H2;1H. The molecule has 5 nitrogen and oxygen atoms in total. The average Bonchev–Trinajstić information content (AvgIpc) is 2.68. The first-order chi connectivity index (χ1) is 9.15. The number of aromatic nitrogens is 2. The summed E-state index contributed by atoms with van der Waals surface area (Å²) in [6, 6.07) is 7.59. The molecule has 0 aliphatic rings. The van der Waals surface area contributed by atoms with E-state index in [1.807, 2.05) is 24.3 Å². The summed E-state index contributed by atoms with van der Waals surface area (Å²) in [5.74, 6) is 0. The molecule has 0 saturated heterocycles. The van der Waals surface area contributed by atoms with Gasteiger partial charge in [0.2, 0.25) is 0 Å². The highest BCUT2D eigenvalue weighted by molar-refractivity contribution is 9.09. The van der Waals surface area contributed by atoms with E-state index < -0.39 is 0 Å². The van der Waals surface area contributed by atoms with Gasteiger partial charge in [0.05, 0.1) is 6.54 Å². The van der Waals surface area contributed by atoms with E-state index in [1.165, 1.54) is 8.52 Å². The van der Waals surface area contributed by atoms with Crippen LogP contribution in [-0.2, 0) is 19.6 Å². The maximum atomic E-state index is 12.0. The molecule has 2 rings (SSSR count). The summed E-state index contributed by atoms with van der Waals surface area (Å²) < 4.78 is 2.72. The van der Waals surface area contributed by atoms with Gasteiger partial charge in [-0.3, -0.25) is 4.79 Å². The summed E-state index contributed by atoms with van der Waals surface area (Å²) in [7, 11) is 0. The Hall–Kier alpha value is -0.890. The number of aryl methyl sites for hydroxylation is 1. The molecule has 0 spiro atoms. The van der Waals surface area contributed by atoms with E-state index in [9.17, 15) is 9.59 Å². The van der Waals surface area contributed by atoms with Gasteiger partial charge in [0.25, 0.3) is 0 Å². The number of halogens is 2. The lowest BCUT2D eigenvalue weighted by atomic mass is 10.1. The van der Waals surface area contributed by atoms with Gasteiger partial charge in [-0.2, -0.15) is 0 Å². The lowest BCUT2D eigenvalue weighted by Gasteiger charge is -2.02. The van der Waals surface area contributed by atoms with Gasteiger partial charge in [0, 0.05) is 30.0 Å². The van der Waals surface area contributed by atoms with Crippen molar-refractivity contribution in [2.75, 3.05) is 5.33 Å². The number of hydrogen-bond acceptors (Lipinski definition) is 4. The quantitative estimate of drug-likeness (QED) is 0.797. The Morgan fingerprint density at radius 2 is 1.75 bits per heavy atom. The Bertz CT molecular complexity index is 663. The second-order valence-corrected chi connectivity index (χ2v) is 5.80. The molecule has 2 N–H and O–H groups in total. The van der Waals surface area contributed by atoms with Crippen LogP contribution in [0, 0.1) is 0 Å². The van der Waals surface area contributed by atoms with Crippen LogP contribution in [0.5, 0.6) is 0 Å². The first-order valence-corrected chi connectivity index (χ1v) is 7.70. The molecule has 0 saturated carbocycles. The number of nitrogens with zero attached hydrogens (tertiary/aromatic N) is 2. The van der Waals surface area contributed by atoms with Gasteiger partial charge in [-0.25, -0.2) is 13.3 Å². The van der Waals surface area contributed by atoms with E-state index >= 15 is 0 Å². The van der Waals surface area contributed by atoms with Crippen LogP contribution in [0.3, 0.4) is 0 Å². The lowest BCUT2D eigenvalue weighted by Crippen LogP contribution is -2.29. The van der Waals surface area contributed by atoms with Gasteiger partial charge < -0.3 is 5.73 Å². The predicted octanol–water partition coefficient (Wildman–Crippen LogP) is 1.40. The van der Waals surface area contributed by atoms with Crippen molar-refractivity contribution in [2.45, 2.75) is 19.6 Å². The summed E-state index contributed by atoms with van der Waals surface area (Å²) in [5, 5.41) is 0.651. The topological polar surface area (TPSA) is 70.0 Å². The van der Waals surface area contributed by atoms with Crippen LogP contribution in [0.2, 0.25) is 0 Å². The Labute approximate surface area is 134 Å². The highest BCUT2D eigenvalue weighted by atomic mass is 79.9. The number of benzene rings is 1. The van der Waals surface area contributed by atoms with E-state index in [4.69, 9.17) is 5.73 Å². The van der Waals surface area contributed by atoms with Gasteiger partial charge in [-0.1, -0.05) is 40.2 Å². The molecule has 0 amide bonds. The molecule has 8 heteroatoms. The summed E-state index contributed by atoms with van der Waals surface area (Å²) in [6.45, 7) is 1.29. The molecule has 1 aromatic carbocycles. The predicted molar refractivity (Wildman–Crippen MR) is 87.3 cm³/mol. The molecule has 20 heavy (non-hydrogen) atoms. The third-order valence-corrected chi connectivity index (χ3v) is 4.03. The molecule has 0 aliphatic carbocycles. The Balaban J connectivity index is 0.00000200. The normalized spacial score (nSPS) is 10.3. The third kappa shape index (κ3) is 3.82. The summed E-state index contributed by atoms with van der Waals surface area (Å²) in [6.07, 6.45) is 0. The summed E-state index contributed by atoms with van der Waals surface area (Å²) in [5.41, 5.74) is 7.22. The zero-order chi connectivity index (χ0) is 13.8. The van der Waals surface area contributed by atoms with Gasteiger partial charge in [-0.05, 0) is 11.1 Å². The van der Waals surface area contributed by atoms with E-state index in [0.29, 0.717) is 25.0 Å². The Morgan fingerprint density at radius 3 is 2.30 bits per heavy atom. The summed E-state index contributed by atoms with van der Waals surface area (Å²) >= 11 is 4.21. The van der Waals surface area contributed by atoms with E-state index in [-0.39, 0.29) is 23.0 Å². The van der Waals surface area contributed by atoms with Gasteiger partial charge in [-0.15, -0.1) is 12.4 Å². The number of nitrogens with two attached hydrogens (primary N) is 1. The largest absolute Gasteiger partial charge is 0.341 e.